The fourth-order valence-electron chi connectivity index (χ4n) is 2.29. The Bertz CT molecular complexity index is 534. The minimum Gasteiger partial charge on any atom is -0.331 e. The molecule has 2 aromatic heterocycles. The standard InChI is InChI=1S/C14H21N5/c1-4-11-10(6-7-15)12(5-2)18-14(17-11)13-8-16-9-19(13)3/h8-9H,4-7,15H2,1-3H3. The highest BCUT2D eigenvalue weighted by atomic mass is 15.1. The first-order chi connectivity index (χ1) is 9.21. The Hall–Kier alpha value is -1.75. The second-order valence-corrected chi connectivity index (χ2v) is 4.55. The van der Waals surface area contributed by atoms with Gasteiger partial charge in [0.05, 0.1) is 12.5 Å². The summed E-state index contributed by atoms with van der Waals surface area (Å²) in [5.41, 5.74) is 10.1. The van der Waals surface area contributed by atoms with Gasteiger partial charge in [-0.3, -0.25) is 0 Å². The maximum absolute atomic E-state index is 5.69. The summed E-state index contributed by atoms with van der Waals surface area (Å²) in [6, 6.07) is 0. The maximum atomic E-state index is 5.69. The van der Waals surface area contributed by atoms with Crippen LogP contribution in [0.1, 0.15) is 30.8 Å². The topological polar surface area (TPSA) is 69.6 Å². The molecule has 0 aromatic carbocycles. The molecule has 0 bridgehead atoms. The molecule has 0 amide bonds. The fraction of sp³-hybridized carbons (Fsp3) is 0.500. The minimum atomic E-state index is 0.633. The monoisotopic (exact) mass is 259 g/mol. The normalized spacial score (nSPS) is 10.9. The van der Waals surface area contributed by atoms with E-state index in [4.69, 9.17) is 15.7 Å². The lowest BCUT2D eigenvalue weighted by atomic mass is 10.0. The zero-order chi connectivity index (χ0) is 13.8. The van der Waals surface area contributed by atoms with Crippen molar-refractivity contribution in [2.45, 2.75) is 33.1 Å². The van der Waals surface area contributed by atoms with Crippen LogP contribution < -0.4 is 5.73 Å². The van der Waals surface area contributed by atoms with Crippen molar-refractivity contribution in [2.75, 3.05) is 6.54 Å². The first-order valence-corrected chi connectivity index (χ1v) is 6.76. The van der Waals surface area contributed by atoms with Crippen molar-refractivity contribution in [2.24, 2.45) is 12.8 Å². The summed E-state index contributed by atoms with van der Waals surface area (Å²) >= 11 is 0. The van der Waals surface area contributed by atoms with Gasteiger partial charge in [-0.2, -0.15) is 0 Å². The van der Waals surface area contributed by atoms with Crippen LogP contribution in [0.15, 0.2) is 12.5 Å². The first-order valence-electron chi connectivity index (χ1n) is 6.76. The van der Waals surface area contributed by atoms with Crippen LogP contribution in [-0.4, -0.2) is 26.1 Å². The Labute approximate surface area is 113 Å². The van der Waals surface area contributed by atoms with E-state index in [1.165, 1.54) is 5.56 Å². The lowest BCUT2D eigenvalue weighted by molar-refractivity contribution is 0.833. The molecule has 0 atom stereocenters. The summed E-state index contributed by atoms with van der Waals surface area (Å²) in [6.07, 6.45) is 6.21. The zero-order valence-corrected chi connectivity index (χ0v) is 11.8. The zero-order valence-electron chi connectivity index (χ0n) is 11.8. The predicted octanol–water partition coefficient (Wildman–Crippen LogP) is 1.50. The van der Waals surface area contributed by atoms with Gasteiger partial charge in [-0.25, -0.2) is 15.0 Å². The number of aryl methyl sites for hydroxylation is 3. The van der Waals surface area contributed by atoms with Crippen LogP contribution in [0.4, 0.5) is 0 Å². The average Bonchev–Trinajstić information content (AvgIpc) is 2.85. The van der Waals surface area contributed by atoms with Crippen LogP contribution >= 0.6 is 0 Å². The molecule has 0 aliphatic heterocycles. The third-order valence-electron chi connectivity index (χ3n) is 3.29. The first kappa shape index (κ1) is 13.7. The van der Waals surface area contributed by atoms with E-state index < -0.39 is 0 Å². The van der Waals surface area contributed by atoms with Gasteiger partial charge in [0.15, 0.2) is 5.82 Å². The summed E-state index contributed by atoms with van der Waals surface area (Å²) in [5.74, 6) is 0.759. The van der Waals surface area contributed by atoms with Crippen molar-refractivity contribution in [1.29, 1.82) is 0 Å². The van der Waals surface area contributed by atoms with Gasteiger partial charge in [-0.1, -0.05) is 13.8 Å². The third-order valence-corrected chi connectivity index (χ3v) is 3.29. The molecule has 2 heterocycles. The molecule has 0 aliphatic rings. The molecule has 0 spiro atoms. The average molecular weight is 259 g/mol. The second kappa shape index (κ2) is 5.93. The SMILES string of the molecule is CCc1nc(-c2cncn2C)nc(CC)c1CCN. The van der Waals surface area contributed by atoms with Gasteiger partial charge in [0.2, 0.25) is 0 Å². The lowest BCUT2D eigenvalue weighted by Crippen LogP contribution is -2.12. The Morgan fingerprint density at radius 2 is 1.79 bits per heavy atom. The minimum absolute atomic E-state index is 0.633. The van der Waals surface area contributed by atoms with Crippen LogP contribution in [0, 0.1) is 0 Å². The van der Waals surface area contributed by atoms with Gasteiger partial charge in [-0.05, 0) is 31.4 Å². The molecule has 0 saturated heterocycles. The van der Waals surface area contributed by atoms with Crippen LogP contribution in [0.3, 0.4) is 0 Å². The van der Waals surface area contributed by atoms with E-state index in [9.17, 15) is 0 Å². The molecule has 5 heteroatoms. The molecule has 102 valence electrons. The number of rotatable bonds is 5. The van der Waals surface area contributed by atoms with Gasteiger partial charge in [0, 0.05) is 18.4 Å². The lowest BCUT2D eigenvalue weighted by Gasteiger charge is -2.13. The van der Waals surface area contributed by atoms with E-state index in [1.807, 2.05) is 11.6 Å². The number of hydrogen-bond acceptors (Lipinski definition) is 4. The third kappa shape index (κ3) is 2.66. The summed E-state index contributed by atoms with van der Waals surface area (Å²) in [6.45, 7) is 4.87. The number of hydrogen-bond donors (Lipinski definition) is 1. The summed E-state index contributed by atoms with van der Waals surface area (Å²) in [7, 11) is 1.96. The van der Waals surface area contributed by atoms with E-state index in [1.54, 1.807) is 12.5 Å². The van der Waals surface area contributed by atoms with Crippen LogP contribution in [0.25, 0.3) is 11.5 Å². The summed E-state index contributed by atoms with van der Waals surface area (Å²) < 4.78 is 1.94. The molecule has 0 fully saturated rings. The highest BCUT2D eigenvalue weighted by Gasteiger charge is 2.14. The van der Waals surface area contributed by atoms with Crippen LogP contribution in [0.2, 0.25) is 0 Å². The van der Waals surface area contributed by atoms with E-state index in [0.29, 0.717) is 6.54 Å². The largest absolute Gasteiger partial charge is 0.331 e. The van der Waals surface area contributed by atoms with Gasteiger partial charge in [-0.15, -0.1) is 0 Å². The van der Waals surface area contributed by atoms with E-state index in [-0.39, 0.29) is 0 Å². The Kier molecular flexibility index (Phi) is 4.27. The Morgan fingerprint density at radius 3 is 2.21 bits per heavy atom. The number of aromatic nitrogens is 4. The fourth-order valence-corrected chi connectivity index (χ4v) is 2.29. The summed E-state index contributed by atoms with van der Waals surface area (Å²) in [4.78, 5) is 13.5. The van der Waals surface area contributed by atoms with E-state index in [0.717, 1.165) is 42.2 Å². The quantitative estimate of drug-likeness (QED) is 0.883. The molecule has 0 saturated carbocycles. The number of nitrogens with zero attached hydrogens (tertiary/aromatic N) is 4. The Balaban J connectivity index is 2.56. The molecule has 2 aromatic rings. The highest BCUT2D eigenvalue weighted by molar-refractivity contribution is 5.50. The molecule has 5 nitrogen and oxygen atoms in total. The van der Waals surface area contributed by atoms with Gasteiger partial charge >= 0.3 is 0 Å². The van der Waals surface area contributed by atoms with E-state index in [2.05, 4.69) is 18.8 Å². The van der Waals surface area contributed by atoms with Crippen molar-refractivity contribution in [3.8, 4) is 11.5 Å². The van der Waals surface area contributed by atoms with E-state index >= 15 is 0 Å². The van der Waals surface area contributed by atoms with Crippen molar-refractivity contribution >= 4 is 0 Å². The second-order valence-electron chi connectivity index (χ2n) is 4.55. The van der Waals surface area contributed by atoms with Crippen molar-refractivity contribution in [1.82, 2.24) is 19.5 Å². The molecule has 2 rings (SSSR count). The number of nitrogens with two attached hydrogens (primary N) is 1. The summed E-state index contributed by atoms with van der Waals surface area (Å²) in [5, 5.41) is 0. The van der Waals surface area contributed by atoms with Crippen LogP contribution in [0.5, 0.6) is 0 Å². The van der Waals surface area contributed by atoms with Crippen LogP contribution in [-0.2, 0) is 26.3 Å². The number of imidazole rings is 1. The molecule has 2 N–H and O–H groups in total. The predicted molar refractivity (Wildman–Crippen MR) is 75.7 cm³/mol. The highest BCUT2D eigenvalue weighted by Crippen LogP contribution is 2.20. The Morgan fingerprint density at radius 1 is 1.16 bits per heavy atom. The molecule has 0 unspecified atom stereocenters. The van der Waals surface area contributed by atoms with Gasteiger partial charge in [0.25, 0.3) is 0 Å². The smallest absolute Gasteiger partial charge is 0.178 e. The van der Waals surface area contributed by atoms with Crippen molar-refractivity contribution in [3.63, 3.8) is 0 Å². The molecule has 0 radical (unpaired) electrons. The molecule has 19 heavy (non-hydrogen) atoms. The van der Waals surface area contributed by atoms with Crippen molar-refractivity contribution in [3.05, 3.63) is 29.5 Å². The van der Waals surface area contributed by atoms with Gasteiger partial charge in [0.1, 0.15) is 5.69 Å². The van der Waals surface area contributed by atoms with Crippen molar-refractivity contribution < 1.29 is 0 Å². The molecular weight excluding hydrogens is 238 g/mol. The molecule has 0 aliphatic carbocycles. The maximum Gasteiger partial charge on any atom is 0.178 e. The molecular formula is C14H21N5. The van der Waals surface area contributed by atoms with Gasteiger partial charge < -0.3 is 10.3 Å².